The summed E-state index contributed by atoms with van der Waals surface area (Å²) in [6.07, 6.45) is 1.45. The van der Waals surface area contributed by atoms with Gasteiger partial charge in [0.15, 0.2) is 28.7 Å². The molecule has 0 aliphatic carbocycles. The van der Waals surface area contributed by atoms with Gasteiger partial charge in [0.25, 0.3) is 0 Å². The molecule has 0 bridgehead atoms. The van der Waals surface area contributed by atoms with Crippen molar-refractivity contribution in [2.75, 3.05) is 0 Å². The van der Waals surface area contributed by atoms with Crippen molar-refractivity contribution in [1.82, 2.24) is 5.32 Å². The lowest BCUT2D eigenvalue weighted by atomic mass is 10.1. The van der Waals surface area contributed by atoms with E-state index in [1.165, 1.54) is 24.3 Å². The Morgan fingerprint density at radius 3 is 2.04 bits per heavy atom. The third-order valence-electron chi connectivity index (χ3n) is 3.56. The number of nitriles is 1. The molecule has 28 heavy (non-hydrogen) atoms. The summed E-state index contributed by atoms with van der Waals surface area (Å²) in [4.78, 5) is 0.116. The lowest BCUT2D eigenvalue weighted by Gasteiger charge is -2.10. The summed E-state index contributed by atoms with van der Waals surface area (Å²) in [6.45, 7) is 5.71. The topological polar surface area (TPSA) is 137 Å². The number of benzene rings is 2. The lowest BCUT2D eigenvalue weighted by molar-refractivity contribution is 0.367. The molecule has 2 rings (SSSR count). The normalized spacial score (nSPS) is 10.4. The lowest BCUT2D eigenvalue weighted by Crippen LogP contribution is -2.22. The third kappa shape index (κ3) is 5.53. The van der Waals surface area contributed by atoms with Crippen molar-refractivity contribution in [3.05, 3.63) is 46.5 Å². The monoisotopic (exact) mass is 402 g/mol. The number of hydrogen-bond acceptors (Lipinski definition) is 7. The first-order valence-corrected chi connectivity index (χ1v) is 8.80. The van der Waals surface area contributed by atoms with Gasteiger partial charge in [0.2, 0.25) is 0 Å². The zero-order valence-corrected chi connectivity index (χ0v) is 16.5. The fourth-order valence-corrected chi connectivity index (χ4v) is 2.40. The van der Waals surface area contributed by atoms with Crippen LogP contribution in [-0.4, -0.2) is 30.5 Å². The number of rotatable bonds is 4. The van der Waals surface area contributed by atoms with Crippen molar-refractivity contribution in [2.45, 2.75) is 27.3 Å². The zero-order valence-electron chi connectivity index (χ0n) is 15.7. The molecule has 6 N–H and O–H groups in total. The van der Waals surface area contributed by atoms with Gasteiger partial charge in [-0.2, -0.15) is 5.26 Å². The molecule has 7 nitrogen and oxygen atoms in total. The second kappa shape index (κ2) is 10.0. The number of phenols is 5. The van der Waals surface area contributed by atoms with Crippen molar-refractivity contribution in [3.8, 4) is 34.8 Å². The van der Waals surface area contributed by atoms with Crippen molar-refractivity contribution < 1.29 is 25.5 Å². The minimum absolute atomic E-state index is 0.0963. The second-order valence-corrected chi connectivity index (χ2v) is 5.95. The number of hydrogen-bond donors (Lipinski definition) is 6. The Kier molecular flexibility index (Phi) is 8.10. The largest absolute Gasteiger partial charge is 0.504 e. The van der Waals surface area contributed by atoms with Crippen LogP contribution < -0.4 is 5.32 Å². The number of nitrogens with zero attached hydrogens (tertiary/aromatic N) is 1. The average molecular weight is 402 g/mol. The predicted molar refractivity (Wildman–Crippen MR) is 110 cm³/mol. The van der Waals surface area contributed by atoms with E-state index in [0.717, 1.165) is 0 Å². The van der Waals surface area contributed by atoms with Crippen LogP contribution in [0.3, 0.4) is 0 Å². The van der Waals surface area contributed by atoms with E-state index in [1.807, 2.05) is 19.9 Å². The van der Waals surface area contributed by atoms with E-state index >= 15 is 0 Å². The summed E-state index contributed by atoms with van der Waals surface area (Å²) in [5.74, 6) is -2.09. The number of thiocarbonyl (C=S) groups is 1. The fourth-order valence-electron chi connectivity index (χ4n) is 2.23. The van der Waals surface area contributed by atoms with E-state index in [0.29, 0.717) is 16.7 Å². The Hall–Kier alpha value is -3.44. The first-order valence-electron chi connectivity index (χ1n) is 8.39. The molecule has 0 radical (unpaired) electrons. The number of phenolic OH excluding ortho intramolecular Hbond substituents is 5. The van der Waals surface area contributed by atoms with Crippen molar-refractivity contribution in [3.63, 3.8) is 0 Å². The average Bonchev–Trinajstić information content (AvgIpc) is 2.67. The van der Waals surface area contributed by atoms with E-state index < -0.39 is 17.2 Å². The highest BCUT2D eigenvalue weighted by molar-refractivity contribution is 7.80. The highest BCUT2D eigenvalue weighted by atomic mass is 32.1. The summed E-state index contributed by atoms with van der Waals surface area (Å²) >= 11 is 5.17. The first-order chi connectivity index (χ1) is 13.2. The summed E-state index contributed by atoms with van der Waals surface area (Å²) in [6, 6.07) is 7.34. The minimum Gasteiger partial charge on any atom is -0.504 e. The molecule has 0 saturated carbocycles. The number of aromatic hydroxyl groups is 5. The van der Waals surface area contributed by atoms with Crippen LogP contribution in [0, 0.1) is 18.3 Å². The molecule has 0 fully saturated rings. The van der Waals surface area contributed by atoms with Gasteiger partial charge in [0.05, 0.1) is 5.57 Å². The molecule has 0 heterocycles. The first kappa shape index (κ1) is 22.6. The van der Waals surface area contributed by atoms with E-state index in [4.69, 9.17) is 12.2 Å². The molecule has 0 amide bonds. The van der Waals surface area contributed by atoms with E-state index in [1.54, 1.807) is 13.0 Å². The Morgan fingerprint density at radius 1 is 1.00 bits per heavy atom. The highest BCUT2D eigenvalue weighted by Gasteiger charge is 2.11. The molecule has 0 aromatic heterocycles. The van der Waals surface area contributed by atoms with Crippen LogP contribution in [0.5, 0.6) is 28.7 Å². The predicted octanol–water partition coefficient (Wildman–Crippen LogP) is 3.57. The maximum Gasteiger partial charge on any atom is 0.200 e. The van der Waals surface area contributed by atoms with Gasteiger partial charge in [-0.05, 0) is 54.0 Å². The van der Waals surface area contributed by atoms with Gasteiger partial charge in [0.1, 0.15) is 11.1 Å². The van der Waals surface area contributed by atoms with Crippen LogP contribution >= 0.6 is 12.2 Å². The standard InChI is InChI=1S/C18H16N2O5S.C2H6/c1-9-2-10(4-13(21)16(9)24)3-12(7-19)18(26)20-8-11-5-14(22)17(25)15(23)6-11;1-2/h2-6,21-25H,8H2,1H3,(H,20,26);1-2H3/b12-3+;. The van der Waals surface area contributed by atoms with Gasteiger partial charge in [-0.15, -0.1) is 0 Å². The molecular formula is C20H22N2O5S. The minimum atomic E-state index is -0.614. The van der Waals surface area contributed by atoms with Crippen molar-refractivity contribution in [1.29, 1.82) is 5.26 Å². The molecule has 0 saturated heterocycles. The molecular weight excluding hydrogens is 380 g/mol. The summed E-state index contributed by atoms with van der Waals surface area (Å²) < 4.78 is 0. The van der Waals surface area contributed by atoms with Crippen molar-refractivity contribution >= 4 is 23.3 Å². The van der Waals surface area contributed by atoms with Gasteiger partial charge in [0, 0.05) is 6.54 Å². The Balaban J connectivity index is 0.00000190. The quantitative estimate of drug-likeness (QED) is 0.198. The maximum absolute atomic E-state index is 9.65. The molecule has 2 aromatic carbocycles. The molecule has 0 aliphatic rings. The Labute approximate surface area is 168 Å². The van der Waals surface area contributed by atoms with E-state index in [-0.39, 0.29) is 28.6 Å². The summed E-state index contributed by atoms with van der Waals surface area (Å²) in [7, 11) is 0. The molecule has 0 atom stereocenters. The smallest absolute Gasteiger partial charge is 0.200 e. The molecule has 148 valence electrons. The van der Waals surface area contributed by atoms with Crippen LogP contribution in [0.2, 0.25) is 0 Å². The van der Waals surface area contributed by atoms with E-state index in [9.17, 15) is 30.8 Å². The molecule has 0 aliphatic heterocycles. The van der Waals surface area contributed by atoms with Gasteiger partial charge in [-0.25, -0.2) is 0 Å². The molecule has 0 unspecified atom stereocenters. The second-order valence-electron chi connectivity index (χ2n) is 5.54. The van der Waals surface area contributed by atoms with Crippen LogP contribution in [0.1, 0.15) is 30.5 Å². The fraction of sp³-hybridized carbons (Fsp3) is 0.200. The Bertz CT molecular complexity index is 902. The molecule has 2 aromatic rings. The summed E-state index contributed by atoms with van der Waals surface area (Å²) in [5.41, 5.74) is 1.49. The number of nitrogens with one attached hydrogen (secondary N) is 1. The van der Waals surface area contributed by atoms with Crippen LogP contribution in [0.15, 0.2) is 29.8 Å². The Morgan fingerprint density at radius 2 is 1.54 bits per heavy atom. The maximum atomic E-state index is 9.65. The van der Waals surface area contributed by atoms with Crippen LogP contribution in [0.4, 0.5) is 0 Å². The van der Waals surface area contributed by atoms with Crippen LogP contribution in [-0.2, 0) is 6.54 Å². The molecule has 0 spiro atoms. The number of aryl methyl sites for hydroxylation is 1. The SMILES string of the molecule is CC.Cc1cc(/C=C(\C#N)C(=S)NCc2cc(O)c(O)c(O)c2)cc(O)c1O. The van der Waals surface area contributed by atoms with Gasteiger partial charge in [-0.1, -0.05) is 26.1 Å². The summed E-state index contributed by atoms with van der Waals surface area (Å²) in [5, 5.41) is 59.6. The van der Waals surface area contributed by atoms with Gasteiger partial charge >= 0.3 is 0 Å². The van der Waals surface area contributed by atoms with Crippen molar-refractivity contribution in [2.24, 2.45) is 0 Å². The molecule has 8 heteroatoms. The zero-order chi connectivity index (χ0) is 21.4. The van der Waals surface area contributed by atoms with E-state index in [2.05, 4.69) is 5.32 Å². The third-order valence-corrected chi connectivity index (χ3v) is 3.93. The van der Waals surface area contributed by atoms with Crippen LogP contribution in [0.25, 0.3) is 6.08 Å². The van der Waals surface area contributed by atoms with Gasteiger partial charge in [-0.3, -0.25) is 0 Å². The highest BCUT2D eigenvalue weighted by Crippen LogP contribution is 2.35. The van der Waals surface area contributed by atoms with Gasteiger partial charge < -0.3 is 30.8 Å².